The molecule has 2 aliphatic rings. The van der Waals surface area contributed by atoms with Gasteiger partial charge in [0.25, 0.3) is 5.91 Å². The van der Waals surface area contributed by atoms with Crippen molar-refractivity contribution in [3.05, 3.63) is 51.9 Å². The third-order valence-corrected chi connectivity index (χ3v) is 7.07. The van der Waals surface area contributed by atoms with Gasteiger partial charge in [0.2, 0.25) is 5.91 Å². The SMILES string of the molecule is CCCC1CCc2c(sc(NC(=O)C3CC3c3ccccc3)c2C(N)=O)C1. The van der Waals surface area contributed by atoms with Gasteiger partial charge in [0.05, 0.1) is 5.56 Å². The second-order valence-corrected chi connectivity index (χ2v) is 8.92. The molecule has 0 radical (unpaired) electrons. The van der Waals surface area contributed by atoms with E-state index in [1.165, 1.54) is 23.3 Å². The summed E-state index contributed by atoms with van der Waals surface area (Å²) in [4.78, 5) is 26.1. The average Bonchev–Trinajstić information content (AvgIpc) is 3.38. The van der Waals surface area contributed by atoms with Crippen LogP contribution in [0.1, 0.15) is 64.9 Å². The van der Waals surface area contributed by atoms with Crippen LogP contribution in [0.15, 0.2) is 30.3 Å². The van der Waals surface area contributed by atoms with E-state index in [1.54, 1.807) is 11.3 Å². The van der Waals surface area contributed by atoms with E-state index in [4.69, 9.17) is 5.73 Å². The van der Waals surface area contributed by atoms with Crippen molar-refractivity contribution in [2.45, 2.75) is 51.4 Å². The highest BCUT2D eigenvalue weighted by Crippen LogP contribution is 2.48. The molecule has 5 heteroatoms. The van der Waals surface area contributed by atoms with Crippen LogP contribution in [0.5, 0.6) is 0 Å². The summed E-state index contributed by atoms with van der Waals surface area (Å²) in [5.41, 5.74) is 8.51. The minimum absolute atomic E-state index is 0.00931. The average molecular weight is 383 g/mol. The van der Waals surface area contributed by atoms with Crippen LogP contribution in [-0.2, 0) is 17.6 Å². The molecule has 1 aromatic heterocycles. The number of thiophene rings is 1. The van der Waals surface area contributed by atoms with E-state index in [2.05, 4.69) is 24.4 Å². The molecule has 2 amide bonds. The Kier molecular flexibility index (Phi) is 5.04. The predicted octanol–water partition coefficient (Wildman–Crippen LogP) is 4.49. The lowest BCUT2D eigenvalue weighted by Gasteiger charge is -2.21. The molecular weight excluding hydrogens is 356 g/mol. The Bertz CT molecular complexity index is 859. The van der Waals surface area contributed by atoms with Crippen molar-refractivity contribution in [3.63, 3.8) is 0 Å². The van der Waals surface area contributed by atoms with Crippen molar-refractivity contribution in [2.75, 3.05) is 5.32 Å². The van der Waals surface area contributed by atoms with Gasteiger partial charge in [-0.3, -0.25) is 9.59 Å². The number of carbonyl (C=O) groups is 2. The highest BCUT2D eigenvalue weighted by molar-refractivity contribution is 7.17. The largest absolute Gasteiger partial charge is 0.365 e. The van der Waals surface area contributed by atoms with E-state index in [1.807, 2.05) is 18.2 Å². The van der Waals surface area contributed by atoms with Gasteiger partial charge in [0, 0.05) is 10.8 Å². The maximum absolute atomic E-state index is 12.8. The standard InChI is InChI=1S/C22H26N2O2S/c1-2-6-13-9-10-15-18(11-13)27-22(19(15)20(23)25)24-21(26)17-12-16(17)14-7-4-3-5-8-14/h3-5,7-8,13,16-17H,2,6,9-12H2,1H3,(H2,23,25)(H,24,26). The van der Waals surface area contributed by atoms with Gasteiger partial charge in [-0.25, -0.2) is 0 Å². The van der Waals surface area contributed by atoms with Crippen LogP contribution in [0.2, 0.25) is 0 Å². The molecule has 0 saturated heterocycles. The molecule has 0 bridgehead atoms. The molecular formula is C22H26N2O2S. The highest BCUT2D eigenvalue weighted by Gasteiger charge is 2.44. The lowest BCUT2D eigenvalue weighted by atomic mass is 9.84. The Hall–Kier alpha value is -2.14. The summed E-state index contributed by atoms with van der Waals surface area (Å²) in [6.07, 6.45) is 6.25. The zero-order chi connectivity index (χ0) is 19.0. The van der Waals surface area contributed by atoms with E-state index in [0.717, 1.165) is 31.2 Å². The summed E-state index contributed by atoms with van der Waals surface area (Å²) < 4.78 is 0. The molecule has 0 spiro atoms. The third-order valence-electron chi connectivity index (χ3n) is 5.90. The van der Waals surface area contributed by atoms with Gasteiger partial charge >= 0.3 is 0 Å². The van der Waals surface area contributed by atoms with Crippen molar-refractivity contribution in [2.24, 2.45) is 17.6 Å². The van der Waals surface area contributed by atoms with E-state index in [0.29, 0.717) is 16.5 Å². The lowest BCUT2D eigenvalue weighted by Crippen LogP contribution is -2.20. The summed E-state index contributed by atoms with van der Waals surface area (Å²) >= 11 is 1.56. The summed E-state index contributed by atoms with van der Waals surface area (Å²) in [7, 11) is 0. The smallest absolute Gasteiger partial charge is 0.251 e. The van der Waals surface area contributed by atoms with Gasteiger partial charge in [-0.1, -0.05) is 50.1 Å². The molecule has 2 aliphatic carbocycles. The number of primary amides is 1. The fourth-order valence-corrected chi connectivity index (χ4v) is 5.79. The molecule has 1 fully saturated rings. The van der Waals surface area contributed by atoms with Gasteiger partial charge in [0.1, 0.15) is 5.00 Å². The van der Waals surface area contributed by atoms with Gasteiger partial charge in [-0.05, 0) is 48.6 Å². The lowest BCUT2D eigenvalue weighted by molar-refractivity contribution is -0.117. The molecule has 3 N–H and O–H groups in total. The van der Waals surface area contributed by atoms with E-state index >= 15 is 0 Å². The molecule has 4 nitrogen and oxygen atoms in total. The fraction of sp³-hybridized carbons (Fsp3) is 0.455. The van der Waals surface area contributed by atoms with E-state index in [9.17, 15) is 9.59 Å². The van der Waals surface area contributed by atoms with E-state index in [-0.39, 0.29) is 17.7 Å². The summed E-state index contributed by atoms with van der Waals surface area (Å²) in [6.45, 7) is 2.21. The molecule has 1 heterocycles. The quantitative estimate of drug-likeness (QED) is 0.772. The number of benzene rings is 1. The monoisotopic (exact) mass is 382 g/mol. The van der Waals surface area contributed by atoms with Crippen LogP contribution in [0.3, 0.4) is 0 Å². The first kappa shape index (κ1) is 18.2. The molecule has 4 rings (SSSR count). The van der Waals surface area contributed by atoms with Crippen molar-refractivity contribution in [1.29, 1.82) is 0 Å². The molecule has 0 aliphatic heterocycles. The fourth-order valence-electron chi connectivity index (χ4n) is 4.42. The predicted molar refractivity (Wildman–Crippen MR) is 109 cm³/mol. The number of amides is 2. The Morgan fingerprint density at radius 2 is 2.04 bits per heavy atom. The van der Waals surface area contributed by atoms with Crippen LogP contribution >= 0.6 is 11.3 Å². The van der Waals surface area contributed by atoms with Crippen molar-refractivity contribution < 1.29 is 9.59 Å². The number of fused-ring (bicyclic) bond motifs is 1. The Morgan fingerprint density at radius 1 is 1.26 bits per heavy atom. The number of nitrogens with two attached hydrogens (primary N) is 1. The molecule has 3 unspecified atom stereocenters. The van der Waals surface area contributed by atoms with Crippen LogP contribution < -0.4 is 11.1 Å². The number of hydrogen-bond donors (Lipinski definition) is 2. The normalized spacial score (nSPS) is 23.5. The van der Waals surface area contributed by atoms with Crippen molar-refractivity contribution >= 4 is 28.2 Å². The number of nitrogens with one attached hydrogen (secondary N) is 1. The summed E-state index contributed by atoms with van der Waals surface area (Å²) in [6, 6.07) is 10.2. The Labute approximate surface area is 164 Å². The minimum atomic E-state index is -0.424. The third kappa shape index (κ3) is 3.65. The van der Waals surface area contributed by atoms with Gasteiger partial charge in [-0.2, -0.15) is 0 Å². The minimum Gasteiger partial charge on any atom is -0.365 e. The highest BCUT2D eigenvalue weighted by atomic mass is 32.1. The zero-order valence-corrected chi connectivity index (χ0v) is 16.5. The molecule has 2 aromatic rings. The first-order valence-corrected chi connectivity index (χ1v) is 10.7. The maximum atomic E-state index is 12.8. The Morgan fingerprint density at radius 3 is 2.74 bits per heavy atom. The van der Waals surface area contributed by atoms with Crippen LogP contribution in [0, 0.1) is 11.8 Å². The number of rotatable bonds is 6. The van der Waals surface area contributed by atoms with Crippen LogP contribution in [0.25, 0.3) is 0 Å². The molecule has 1 aromatic carbocycles. The van der Waals surface area contributed by atoms with Gasteiger partial charge in [0.15, 0.2) is 0 Å². The zero-order valence-electron chi connectivity index (χ0n) is 15.7. The van der Waals surface area contributed by atoms with Crippen LogP contribution in [-0.4, -0.2) is 11.8 Å². The number of anilines is 1. The van der Waals surface area contributed by atoms with Gasteiger partial charge in [-0.15, -0.1) is 11.3 Å². The number of carbonyl (C=O) groups excluding carboxylic acids is 2. The molecule has 3 atom stereocenters. The molecule has 1 saturated carbocycles. The summed E-state index contributed by atoms with van der Waals surface area (Å²) in [5, 5.41) is 3.70. The second-order valence-electron chi connectivity index (χ2n) is 7.82. The van der Waals surface area contributed by atoms with Gasteiger partial charge < -0.3 is 11.1 Å². The van der Waals surface area contributed by atoms with Crippen LogP contribution in [0.4, 0.5) is 5.00 Å². The Balaban J connectivity index is 1.51. The maximum Gasteiger partial charge on any atom is 0.251 e. The number of hydrogen-bond acceptors (Lipinski definition) is 3. The second kappa shape index (κ2) is 7.47. The first-order chi connectivity index (χ1) is 13.1. The topological polar surface area (TPSA) is 72.2 Å². The van der Waals surface area contributed by atoms with Crippen molar-refractivity contribution in [1.82, 2.24) is 0 Å². The first-order valence-electron chi connectivity index (χ1n) is 9.88. The van der Waals surface area contributed by atoms with E-state index < -0.39 is 5.91 Å². The summed E-state index contributed by atoms with van der Waals surface area (Å²) in [5.74, 6) is 0.533. The molecule has 142 valence electrons. The van der Waals surface area contributed by atoms with Crippen molar-refractivity contribution in [3.8, 4) is 0 Å². The molecule has 27 heavy (non-hydrogen) atoms.